The Balaban J connectivity index is 2.50. The molecule has 0 aliphatic carbocycles. The van der Waals surface area contributed by atoms with E-state index in [4.69, 9.17) is 9.84 Å². The summed E-state index contributed by atoms with van der Waals surface area (Å²) in [5.74, 6) is -0.922. The Hall–Kier alpha value is -1.30. The number of carbonyl (C=O) groups is 2. The highest BCUT2D eigenvalue weighted by molar-refractivity contribution is 5.83. The van der Waals surface area contributed by atoms with Crippen LogP contribution in [0.25, 0.3) is 0 Å². The summed E-state index contributed by atoms with van der Waals surface area (Å²) >= 11 is 0. The molecular weight excluding hydrogens is 236 g/mol. The summed E-state index contributed by atoms with van der Waals surface area (Å²) in [5.41, 5.74) is 0. The number of hydrogen-bond acceptors (Lipinski definition) is 3. The van der Waals surface area contributed by atoms with Crippen molar-refractivity contribution in [3.63, 3.8) is 0 Å². The summed E-state index contributed by atoms with van der Waals surface area (Å²) in [7, 11) is 1.61. The van der Waals surface area contributed by atoms with Gasteiger partial charge in [0.2, 0.25) is 0 Å². The fraction of sp³-hybridized carbons (Fsp3) is 0.833. The van der Waals surface area contributed by atoms with E-state index in [0.717, 1.165) is 12.8 Å². The van der Waals surface area contributed by atoms with Crippen molar-refractivity contribution >= 4 is 12.0 Å². The smallest absolute Gasteiger partial charge is 0.326 e. The number of ether oxygens (including phenoxy) is 1. The summed E-state index contributed by atoms with van der Waals surface area (Å²) in [4.78, 5) is 24.5. The molecule has 0 aromatic heterocycles. The Morgan fingerprint density at radius 1 is 1.50 bits per heavy atom. The van der Waals surface area contributed by atoms with Gasteiger partial charge in [0.15, 0.2) is 0 Å². The van der Waals surface area contributed by atoms with E-state index < -0.39 is 12.0 Å². The van der Waals surface area contributed by atoms with Crippen LogP contribution in [-0.2, 0) is 9.53 Å². The van der Waals surface area contributed by atoms with E-state index in [9.17, 15) is 9.59 Å². The van der Waals surface area contributed by atoms with Crippen molar-refractivity contribution in [2.24, 2.45) is 0 Å². The van der Waals surface area contributed by atoms with Crippen LogP contribution < -0.4 is 5.32 Å². The number of nitrogens with zero attached hydrogens (tertiary/aromatic N) is 1. The van der Waals surface area contributed by atoms with Crippen LogP contribution in [0.1, 0.15) is 32.6 Å². The first kappa shape index (κ1) is 14.8. The van der Waals surface area contributed by atoms with Gasteiger partial charge in [-0.1, -0.05) is 0 Å². The van der Waals surface area contributed by atoms with Gasteiger partial charge in [-0.05, 0) is 32.6 Å². The van der Waals surface area contributed by atoms with Crippen molar-refractivity contribution in [1.29, 1.82) is 0 Å². The van der Waals surface area contributed by atoms with E-state index in [0.29, 0.717) is 26.0 Å². The van der Waals surface area contributed by atoms with Crippen molar-refractivity contribution in [3.05, 3.63) is 0 Å². The number of rotatable bonds is 5. The number of methoxy groups -OCH3 is 1. The van der Waals surface area contributed by atoms with Gasteiger partial charge >= 0.3 is 12.0 Å². The van der Waals surface area contributed by atoms with Crippen molar-refractivity contribution < 1.29 is 19.4 Å². The van der Waals surface area contributed by atoms with E-state index in [1.54, 1.807) is 7.11 Å². The summed E-state index contributed by atoms with van der Waals surface area (Å²) in [6.07, 6.45) is 2.98. The first-order valence-electron chi connectivity index (χ1n) is 6.35. The molecule has 0 spiro atoms. The Bertz CT molecular complexity index is 296. The molecule has 2 N–H and O–H groups in total. The summed E-state index contributed by atoms with van der Waals surface area (Å²) < 4.78 is 4.94. The van der Waals surface area contributed by atoms with Gasteiger partial charge in [-0.15, -0.1) is 0 Å². The molecule has 0 aromatic carbocycles. The molecule has 1 fully saturated rings. The zero-order chi connectivity index (χ0) is 13.5. The van der Waals surface area contributed by atoms with Gasteiger partial charge in [-0.2, -0.15) is 0 Å². The third-order valence-electron chi connectivity index (χ3n) is 3.17. The molecule has 1 heterocycles. The lowest BCUT2D eigenvalue weighted by atomic mass is 10.0. The maximum Gasteiger partial charge on any atom is 0.326 e. The lowest BCUT2D eigenvalue weighted by Gasteiger charge is -2.33. The number of piperidine rings is 1. The molecule has 6 nitrogen and oxygen atoms in total. The van der Waals surface area contributed by atoms with Crippen LogP contribution in [0.3, 0.4) is 0 Å². The highest BCUT2D eigenvalue weighted by atomic mass is 16.5. The predicted molar refractivity (Wildman–Crippen MR) is 66.5 cm³/mol. The zero-order valence-corrected chi connectivity index (χ0v) is 11.0. The summed E-state index contributed by atoms with van der Waals surface area (Å²) in [5, 5.41) is 11.9. The van der Waals surface area contributed by atoms with Crippen molar-refractivity contribution in [2.45, 2.75) is 44.7 Å². The quantitative estimate of drug-likeness (QED) is 0.773. The van der Waals surface area contributed by atoms with Crippen LogP contribution in [0, 0.1) is 0 Å². The fourth-order valence-electron chi connectivity index (χ4n) is 2.09. The van der Waals surface area contributed by atoms with E-state index in [1.807, 2.05) is 6.92 Å². The van der Waals surface area contributed by atoms with Crippen LogP contribution in [0.5, 0.6) is 0 Å². The molecule has 1 saturated heterocycles. The second kappa shape index (κ2) is 7.20. The Morgan fingerprint density at radius 2 is 2.22 bits per heavy atom. The number of hydrogen-bond donors (Lipinski definition) is 2. The third-order valence-corrected chi connectivity index (χ3v) is 3.17. The maximum atomic E-state index is 12.0. The Labute approximate surface area is 107 Å². The van der Waals surface area contributed by atoms with Crippen LogP contribution in [-0.4, -0.2) is 54.4 Å². The largest absolute Gasteiger partial charge is 0.480 e. The number of likely N-dealkylation sites (tertiary alicyclic amines) is 1. The summed E-state index contributed by atoms with van der Waals surface area (Å²) in [6, 6.07) is -0.993. The van der Waals surface area contributed by atoms with Gasteiger partial charge in [0.05, 0.1) is 0 Å². The lowest BCUT2D eigenvalue weighted by Crippen LogP contribution is -2.53. The average Bonchev–Trinajstić information content (AvgIpc) is 2.36. The molecule has 2 amide bonds. The Morgan fingerprint density at radius 3 is 2.83 bits per heavy atom. The predicted octanol–water partition coefficient (Wildman–Crippen LogP) is 1.06. The molecule has 0 saturated carbocycles. The van der Waals surface area contributed by atoms with Gasteiger partial charge < -0.3 is 20.1 Å². The topological polar surface area (TPSA) is 78.9 Å². The molecule has 1 rings (SSSR count). The van der Waals surface area contributed by atoms with E-state index in [1.165, 1.54) is 4.90 Å². The number of amides is 2. The van der Waals surface area contributed by atoms with Gasteiger partial charge in [0.25, 0.3) is 0 Å². The number of urea groups is 1. The molecule has 0 aromatic rings. The minimum absolute atomic E-state index is 0.0196. The molecule has 0 radical (unpaired) electrons. The van der Waals surface area contributed by atoms with E-state index in [-0.39, 0.29) is 12.1 Å². The maximum absolute atomic E-state index is 12.0. The Kier molecular flexibility index (Phi) is 5.91. The second-order valence-electron chi connectivity index (χ2n) is 4.68. The number of carboxylic acid groups (broad SMARTS) is 1. The van der Waals surface area contributed by atoms with Crippen LogP contribution in [0.2, 0.25) is 0 Å². The third kappa shape index (κ3) is 4.18. The van der Waals surface area contributed by atoms with Crippen molar-refractivity contribution in [2.75, 3.05) is 20.3 Å². The molecule has 104 valence electrons. The molecular formula is C12H22N2O4. The number of carboxylic acids is 1. The monoisotopic (exact) mass is 258 g/mol. The number of nitrogens with one attached hydrogen (secondary N) is 1. The second-order valence-corrected chi connectivity index (χ2v) is 4.68. The highest BCUT2D eigenvalue weighted by Crippen LogP contribution is 2.17. The van der Waals surface area contributed by atoms with Crippen LogP contribution in [0.15, 0.2) is 0 Å². The zero-order valence-electron chi connectivity index (χ0n) is 11.0. The average molecular weight is 258 g/mol. The standard InChI is InChI=1S/C12H22N2O4/c1-9(6-8-18-2)13-12(17)14-7-4-3-5-10(14)11(15)16/h9-10H,3-8H2,1-2H3,(H,13,17)(H,15,16). The number of carbonyl (C=O) groups excluding carboxylic acids is 1. The van der Waals surface area contributed by atoms with Gasteiger partial charge in [0.1, 0.15) is 6.04 Å². The van der Waals surface area contributed by atoms with Gasteiger partial charge in [-0.3, -0.25) is 0 Å². The SMILES string of the molecule is COCCC(C)NC(=O)N1CCCCC1C(=O)O. The fourth-order valence-corrected chi connectivity index (χ4v) is 2.09. The minimum Gasteiger partial charge on any atom is -0.480 e. The molecule has 2 unspecified atom stereocenters. The van der Waals surface area contributed by atoms with Crippen molar-refractivity contribution in [3.8, 4) is 0 Å². The van der Waals surface area contributed by atoms with Crippen LogP contribution >= 0.6 is 0 Å². The van der Waals surface area contributed by atoms with Crippen molar-refractivity contribution in [1.82, 2.24) is 10.2 Å². The lowest BCUT2D eigenvalue weighted by molar-refractivity contribution is -0.143. The summed E-state index contributed by atoms with van der Waals surface area (Å²) in [6.45, 7) is 2.97. The molecule has 1 aliphatic rings. The van der Waals surface area contributed by atoms with E-state index >= 15 is 0 Å². The first-order chi connectivity index (χ1) is 8.56. The van der Waals surface area contributed by atoms with Gasteiger partial charge in [0, 0.05) is 26.3 Å². The molecule has 2 atom stereocenters. The minimum atomic E-state index is -0.922. The molecule has 0 bridgehead atoms. The highest BCUT2D eigenvalue weighted by Gasteiger charge is 2.32. The first-order valence-corrected chi connectivity index (χ1v) is 6.35. The molecule has 18 heavy (non-hydrogen) atoms. The molecule has 6 heteroatoms. The van der Waals surface area contributed by atoms with E-state index in [2.05, 4.69) is 5.32 Å². The molecule has 1 aliphatic heterocycles. The number of aliphatic carboxylic acids is 1. The normalized spacial score (nSPS) is 21.4. The van der Waals surface area contributed by atoms with Gasteiger partial charge in [-0.25, -0.2) is 9.59 Å². The van der Waals surface area contributed by atoms with Crippen LogP contribution in [0.4, 0.5) is 4.79 Å².